The molecule has 2 aliphatic rings. The third-order valence-electron chi connectivity index (χ3n) is 4.42. The van der Waals surface area contributed by atoms with Crippen LogP contribution in [0.5, 0.6) is 0 Å². The molecule has 0 atom stereocenters. The van der Waals surface area contributed by atoms with Gasteiger partial charge in [0.2, 0.25) is 11.8 Å². The molecule has 1 aromatic carbocycles. The van der Waals surface area contributed by atoms with Gasteiger partial charge in [-0.15, -0.1) is 0 Å². The molecule has 0 unspecified atom stereocenters. The van der Waals surface area contributed by atoms with Gasteiger partial charge < -0.3 is 15.0 Å². The number of ketones is 1. The van der Waals surface area contributed by atoms with Gasteiger partial charge in [0.05, 0.1) is 13.2 Å². The number of hydrogen-bond donors (Lipinski definition) is 1. The maximum absolute atomic E-state index is 12.6. The molecular weight excluding hydrogens is 296 g/mol. The molecule has 2 fully saturated rings. The van der Waals surface area contributed by atoms with Gasteiger partial charge in [-0.2, -0.15) is 0 Å². The van der Waals surface area contributed by atoms with E-state index in [1.54, 1.807) is 29.2 Å². The van der Waals surface area contributed by atoms with Gasteiger partial charge in [-0.1, -0.05) is 12.1 Å². The number of anilines is 1. The zero-order valence-corrected chi connectivity index (χ0v) is 13.1. The Kier molecular flexibility index (Phi) is 4.17. The molecule has 6 heteroatoms. The summed E-state index contributed by atoms with van der Waals surface area (Å²) in [4.78, 5) is 38.4. The van der Waals surface area contributed by atoms with Crippen LogP contribution in [-0.4, -0.2) is 48.8 Å². The molecule has 23 heavy (non-hydrogen) atoms. The Hall–Kier alpha value is -2.21. The van der Waals surface area contributed by atoms with Crippen LogP contribution in [0.15, 0.2) is 24.3 Å². The SMILES string of the molecule is CC(=O)c1cccc(NC(=O)C2(C(=O)N3CCOCC3)CC2)c1. The van der Waals surface area contributed by atoms with E-state index in [0.717, 1.165) is 0 Å². The van der Waals surface area contributed by atoms with Gasteiger partial charge >= 0.3 is 0 Å². The Balaban J connectivity index is 1.71. The molecule has 1 saturated heterocycles. The van der Waals surface area contributed by atoms with E-state index >= 15 is 0 Å². The molecule has 2 amide bonds. The summed E-state index contributed by atoms with van der Waals surface area (Å²) >= 11 is 0. The number of nitrogens with one attached hydrogen (secondary N) is 1. The standard InChI is InChI=1S/C17H20N2O4/c1-12(20)13-3-2-4-14(11-13)18-15(21)17(5-6-17)16(22)19-7-9-23-10-8-19/h2-4,11H,5-10H2,1H3,(H,18,21). The van der Waals surface area contributed by atoms with E-state index in [-0.39, 0.29) is 17.6 Å². The van der Waals surface area contributed by atoms with Crippen molar-refractivity contribution in [3.8, 4) is 0 Å². The van der Waals surface area contributed by atoms with E-state index < -0.39 is 5.41 Å². The summed E-state index contributed by atoms with van der Waals surface area (Å²) in [6.07, 6.45) is 1.14. The zero-order chi connectivity index (χ0) is 16.4. The molecule has 0 radical (unpaired) electrons. The van der Waals surface area contributed by atoms with Crippen LogP contribution in [0.25, 0.3) is 0 Å². The van der Waals surface area contributed by atoms with Crippen LogP contribution in [0.2, 0.25) is 0 Å². The monoisotopic (exact) mass is 316 g/mol. The van der Waals surface area contributed by atoms with Crippen LogP contribution in [0.3, 0.4) is 0 Å². The minimum Gasteiger partial charge on any atom is -0.378 e. The highest BCUT2D eigenvalue weighted by Gasteiger charge is 2.58. The summed E-state index contributed by atoms with van der Waals surface area (Å²) < 4.78 is 5.25. The predicted octanol–water partition coefficient (Wildman–Crippen LogP) is 1.47. The van der Waals surface area contributed by atoms with Gasteiger partial charge in [-0.05, 0) is 31.9 Å². The fourth-order valence-electron chi connectivity index (χ4n) is 2.80. The number of rotatable bonds is 4. The molecule has 1 aromatic rings. The maximum atomic E-state index is 12.6. The van der Waals surface area contributed by atoms with Crippen molar-refractivity contribution in [2.24, 2.45) is 5.41 Å². The average Bonchev–Trinajstić information content (AvgIpc) is 3.37. The van der Waals surface area contributed by atoms with Crippen molar-refractivity contribution in [2.45, 2.75) is 19.8 Å². The second kappa shape index (κ2) is 6.12. The van der Waals surface area contributed by atoms with E-state index in [1.165, 1.54) is 6.92 Å². The Bertz CT molecular complexity index is 646. The van der Waals surface area contributed by atoms with Gasteiger partial charge in [0.15, 0.2) is 5.78 Å². The summed E-state index contributed by atoms with van der Waals surface area (Å²) in [6, 6.07) is 6.77. The van der Waals surface area contributed by atoms with E-state index in [2.05, 4.69) is 5.32 Å². The summed E-state index contributed by atoms with van der Waals surface area (Å²) in [5.74, 6) is -0.456. The fraction of sp³-hybridized carbons (Fsp3) is 0.471. The topological polar surface area (TPSA) is 75.7 Å². The lowest BCUT2D eigenvalue weighted by molar-refractivity contribution is -0.145. The van der Waals surface area contributed by atoms with Gasteiger partial charge in [-0.3, -0.25) is 14.4 Å². The average molecular weight is 316 g/mol. The maximum Gasteiger partial charge on any atom is 0.240 e. The Labute approximate surface area is 134 Å². The molecule has 3 rings (SSSR count). The van der Waals surface area contributed by atoms with Crippen molar-refractivity contribution >= 4 is 23.3 Å². The van der Waals surface area contributed by atoms with Gasteiger partial charge in [0.1, 0.15) is 5.41 Å². The van der Waals surface area contributed by atoms with Crippen molar-refractivity contribution in [3.05, 3.63) is 29.8 Å². The number of hydrogen-bond acceptors (Lipinski definition) is 4. The highest BCUT2D eigenvalue weighted by molar-refractivity contribution is 6.13. The Morgan fingerprint density at radius 2 is 1.87 bits per heavy atom. The molecule has 1 aliphatic carbocycles. The lowest BCUT2D eigenvalue weighted by Crippen LogP contribution is -2.47. The zero-order valence-electron chi connectivity index (χ0n) is 13.1. The number of benzene rings is 1. The molecule has 1 N–H and O–H groups in total. The van der Waals surface area contributed by atoms with Gasteiger partial charge in [-0.25, -0.2) is 0 Å². The molecule has 6 nitrogen and oxygen atoms in total. The molecule has 0 bridgehead atoms. The molecule has 1 aliphatic heterocycles. The number of nitrogens with zero attached hydrogens (tertiary/aromatic N) is 1. The number of carbonyl (C=O) groups is 3. The molecule has 1 heterocycles. The van der Waals surface area contributed by atoms with Crippen LogP contribution in [0, 0.1) is 5.41 Å². The number of amides is 2. The quantitative estimate of drug-likeness (QED) is 0.674. The van der Waals surface area contributed by atoms with E-state index in [9.17, 15) is 14.4 Å². The van der Waals surface area contributed by atoms with E-state index in [1.807, 2.05) is 0 Å². The van der Waals surface area contributed by atoms with Crippen molar-refractivity contribution < 1.29 is 19.1 Å². The summed E-state index contributed by atoms with van der Waals surface area (Å²) in [7, 11) is 0. The highest BCUT2D eigenvalue weighted by Crippen LogP contribution is 2.48. The predicted molar refractivity (Wildman–Crippen MR) is 84.1 cm³/mol. The van der Waals surface area contributed by atoms with Crippen LogP contribution < -0.4 is 5.32 Å². The highest BCUT2D eigenvalue weighted by atomic mass is 16.5. The van der Waals surface area contributed by atoms with Crippen molar-refractivity contribution in [1.29, 1.82) is 0 Å². The molecule has 0 spiro atoms. The second-order valence-corrected chi connectivity index (χ2v) is 6.08. The number of carbonyl (C=O) groups excluding carboxylic acids is 3. The van der Waals surface area contributed by atoms with Gasteiger partial charge in [0.25, 0.3) is 0 Å². The minimum absolute atomic E-state index is 0.0633. The summed E-state index contributed by atoms with van der Waals surface area (Å²) in [5, 5.41) is 2.79. The largest absolute Gasteiger partial charge is 0.378 e. The lowest BCUT2D eigenvalue weighted by atomic mass is 10.0. The van der Waals surface area contributed by atoms with Crippen LogP contribution in [-0.2, 0) is 14.3 Å². The molecular formula is C17H20N2O4. The second-order valence-electron chi connectivity index (χ2n) is 6.08. The fourth-order valence-corrected chi connectivity index (χ4v) is 2.80. The van der Waals surface area contributed by atoms with E-state index in [4.69, 9.17) is 4.74 Å². The first-order chi connectivity index (χ1) is 11.0. The van der Waals surface area contributed by atoms with Crippen molar-refractivity contribution in [3.63, 3.8) is 0 Å². The summed E-state index contributed by atoms with van der Waals surface area (Å²) in [6.45, 7) is 3.58. The minimum atomic E-state index is -0.941. The third-order valence-corrected chi connectivity index (χ3v) is 4.42. The number of Topliss-reactive ketones (excluding diaryl/α,β-unsaturated/α-hetero) is 1. The first-order valence-electron chi connectivity index (χ1n) is 7.82. The lowest BCUT2D eigenvalue weighted by Gasteiger charge is -2.30. The molecule has 122 valence electrons. The first-order valence-corrected chi connectivity index (χ1v) is 7.82. The Morgan fingerprint density at radius 3 is 2.48 bits per heavy atom. The Morgan fingerprint density at radius 1 is 1.17 bits per heavy atom. The molecule has 0 aromatic heterocycles. The van der Waals surface area contributed by atoms with Crippen molar-refractivity contribution in [2.75, 3.05) is 31.6 Å². The van der Waals surface area contributed by atoms with Crippen LogP contribution >= 0.6 is 0 Å². The normalized spacial score (nSPS) is 19.1. The summed E-state index contributed by atoms with van der Waals surface area (Å²) in [5.41, 5.74) is 0.139. The third kappa shape index (κ3) is 3.12. The smallest absolute Gasteiger partial charge is 0.240 e. The molecule has 1 saturated carbocycles. The number of ether oxygens (including phenoxy) is 1. The van der Waals surface area contributed by atoms with Crippen LogP contribution in [0.1, 0.15) is 30.1 Å². The van der Waals surface area contributed by atoms with Gasteiger partial charge in [0, 0.05) is 24.3 Å². The number of morpholine rings is 1. The first kappa shape index (κ1) is 15.7. The van der Waals surface area contributed by atoms with Crippen molar-refractivity contribution in [1.82, 2.24) is 4.90 Å². The van der Waals surface area contributed by atoms with Crippen LogP contribution in [0.4, 0.5) is 5.69 Å². The van der Waals surface area contributed by atoms with E-state index in [0.29, 0.717) is 50.4 Å².